The molecule has 0 aliphatic carbocycles. The Kier molecular flexibility index (Phi) is 3.57. The van der Waals surface area contributed by atoms with Crippen LogP contribution in [0, 0.1) is 12.8 Å². The van der Waals surface area contributed by atoms with Crippen LogP contribution in [0.2, 0.25) is 0 Å². The minimum Gasteiger partial charge on any atom is -0.382 e. The molecule has 0 bridgehead atoms. The maximum absolute atomic E-state index is 5.91. The van der Waals surface area contributed by atoms with E-state index in [1.54, 1.807) is 0 Å². The first-order valence-corrected chi connectivity index (χ1v) is 6.35. The lowest BCUT2D eigenvalue weighted by Gasteiger charge is -2.35. The summed E-state index contributed by atoms with van der Waals surface area (Å²) in [6.07, 6.45) is 0. The summed E-state index contributed by atoms with van der Waals surface area (Å²) in [6, 6.07) is 0. The number of rotatable bonds is 3. The lowest BCUT2D eigenvalue weighted by molar-refractivity contribution is 0.231. The van der Waals surface area contributed by atoms with Gasteiger partial charge in [-0.05, 0) is 12.8 Å². The number of nitrogens with zero attached hydrogens (tertiary/aromatic N) is 3. The molecule has 1 aliphatic rings. The predicted molar refractivity (Wildman–Crippen MR) is 71.2 cm³/mol. The Balaban J connectivity index is 1.93. The molecule has 0 saturated carbocycles. The van der Waals surface area contributed by atoms with Crippen LogP contribution in [0.3, 0.4) is 0 Å². The largest absolute Gasteiger partial charge is 0.382 e. The lowest BCUT2D eigenvalue weighted by atomic mass is 10.2. The Morgan fingerprint density at radius 1 is 1.29 bits per heavy atom. The first kappa shape index (κ1) is 12.2. The monoisotopic (exact) mass is 237 g/mol. The van der Waals surface area contributed by atoms with Crippen LogP contribution in [0.1, 0.15) is 19.7 Å². The topological polar surface area (TPSA) is 61.2 Å². The number of nitrogens with two attached hydrogens (primary N) is 1. The van der Waals surface area contributed by atoms with Gasteiger partial charge in [0, 0.05) is 32.7 Å². The molecule has 0 amide bonds. The summed E-state index contributed by atoms with van der Waals surface area (Å²) >= 11 is 0. The number of nitrogen functional groups attached to an aromatic ring is 1. The van der Waals surface area contributed by atoms with Gasteiger partial charge in [-0.1, -0.05) is 13.8 Å². The number of piperazine rings is 1. The van der Waals surface area contributed by atoms with Crippen molar-refractivity contribution >= 4 is 11.6 Å². The number of aryl methyl sites for hydroxylation is 1. The summed E-state index contributed by atoms with van der Waals surface area (Å²) in [5.74, 6) is 3.24. The molecular weight excluding hydrogens is 214 g/mol. The molecule has 1 aliphatic heterocycles. The highest BCUT2D eigenvalue weighted by Crippen LogP contribution is 2.21. The average Bonchev–Trinajstić information content (AvgIpc) is 2.58. The van der Waals surface area contributed by atoms with Gasteiger partial charge < -0.3 is 15.6 Å². The number of H-pyrrole nitrogens is 1. The molecule has 1 aromatic rings. The van der Waals surface area contributed by atoms with E-state index in [1.165, 1.54) is 6.54 Å². The number of nitrogens with one attached hydrogen (secondary N) is 1. The van der Waals surface area contributed by atoms with Crippen LogP contribution in [-0.4, -0.2) is 47.6 Å². The minimum absolute atomic E-state index is 0.694. The Bertz CT molecular complexity index is 363. The fourth-order valence-electron chi connectivity index (χ4n) is 2.40. The first-order chi connectivity index (χ1) is 8.06. The fourth-order valence-corrected chi connectivity index (χ4v) is 2.40. The number of hydrogen-bond donors (Lipinski definition) is 2. The molecule has 0 atom stereocenters. The molecule has 0 spiro atoms. The van der Waals surface area contributed by atoms with Crippen LogP contribution in [0.4, 0.5) is 11.6 Å². The van der Waals surface area contributed by atoms with E-state index in [-0.39, 0.29) is 0 Å². The van der Waals surface area contributed by atoms with Crippen LogP contribution in [0.25, 0.3) is 0 Å². The first-order valence-electron chi connectivity index (χ1n) is 6.35. The SMILES string of the molecule is Cc1nc(N2CCN(CC(C)C)CC2)c(N)[nH]1. The van der Waals surface area contributed by atoms with Gasteiger partial charge in [-0.2, -0.15) is 0 Å². The third-order valence-corrected chi connectivity index (χ3v) is 3.13. The second-order valence-corrected chi connectivity index (χ2v) is 5.24. The molecule has 1 saturated heterocycles. The Hall–Kier alpha value is -1.23. The van der Waals surface area contributed by atoms with Gasteiger partial charge in [0.25, 0.3) is 0 Å². The number of hydrogen-bond acceptors (Lipinski definition) is 4. The zero-order chi connectivity index (χ0) is 12.4. The quantitative estimate of drug-likeness (QED) is 0.826. The molecule has 1 aromatic heterocycles. The van der Waals surface area contributed by atoms with E-state index >= 15 is 0 Å². The number of aromatic nitrogens is 2. The maximum Gasteiger partial charge on any atom is 0.171 e. The normalized spacial score (nSPS) is 18.0. The highest BCUT2D eigenvalue weighted by Gasteiger charge is 2.20. The summed E-state index contributed by atoms with van der Waals surface area (Å²) in [7, 11) is 0. The van der Waals surface area contributed by atoms with Crippen molar-refractivity contribution < 1.29 is 0 Å². The van der Waals surface area contributed by atoms with Gasteiger partial charge in [-0.15, -0.1) is 0 Å². The van der Waals surface area contributed by atoms with Crippen LogP contribution in [-0.2, 0) is 0 Å². The Labute approximate surface area is 103 Å². The van der Waals surface area contributed by atoms with E-state index in [2.05, 4.69) is 33.6 Å². The van der Waals surface area contributed by atoms with Gasteiger partial charge in [-0.3, -0.25) is 4.90 Å². The Morgan fingerprint density at radius 2 is 1.94 bits per heavy atom. The van der Waals surface area contributed by atoms with Crippen molar-refractivity contribution in [3.05, 3.63) is 5.82 Å². The van der Waals surface area contributed by atoms with Crippen molar-refractivity contribution in [3.8, 4) is 0 Å². The highest BCUT2D eigenvalue weighted by molar-refractivity contribution is 5.59. The van der Waals surface area contributed by atoms with Crippen LogP contribution < -0.4 is 10.6 Å². The summed E-state index contributed by atoms with van der Waals surface area (Å²) < 4.78 is 0. The average molecular weight is 237 g/mol. The molecule has 5 heteroatoms. The van der Waals surface area contributed by atoms with Crippen LogP contribution >= 0.6 is 0 Å². The van der Waals surface area contributed by atoms with Crippen LogP contribution in [0.5, 0.6) is 0 Å². The second-order valence-electron chi connectivity index (χ2n) is 5.24. The number of aromatic amines is 1. The molecule has 0 radical (unpaired) electrons. The van der Waals surface area contributed by atoms with Gasteiger partial charge in [0.2, 0.25) is 0 Å². The van der Waals surface area contributed by atoms with E-state index in [0.717, 1.165) is 43.7 Å². The lowest BCUT2D eigenvalue weighted by Crippen LogP contribution is -2.47. The Morgan fingerprint density at radius 3 is 2.41 bits per heavy atom. The van der Waals surface area contributed by atoms with E-state index < -0.39 is 0 Å². The summed E-state index contributed by atoms with van der Waals surface area (Å²) in [6.45, 7) is 11.9. The molecule has 3 N–H and O–H groups in total. The standard InChI is InChI=1S/C12H23N5/c1-9(2)8-16-4-6-17(7-5-16)12-11(13)14-10(3)15-12/h9H,4-8,13H2,1-3H3,(H,14,15). The molecule has 0 aromatic carbocycles. The molecule has 96 valence electrons. The summed E-state index contributed by atoms with van der Waals surface area (Å²) in [4.78, 5) is 12.3. The molecule has 2 heterocycles. The van der Waals surface area contributed by atoms with Gasteiger partial charge in [0.15, 0.2) is 5.82 Å². The molecule has 5 nitrogen and oxygen atoms in total. The molecular formula is C12H23N5. The predicted octanol–water partition coefficient (Wildman–Crippen LogP) is 1.08. The van der Waals surface area contributed by atoms with Crippen molar-refractivity contribution in [1.29, 1.82) is 0 Å². The van der Waals surface area contributed by atoms with E-state index in [1.807, 2.05) is 6.92 Å². The third-order valence-electron chi connectivity index (χ3n) is 3.13. The third kappa shape index (κ3) is 2.91. The maximum atomic E-state index is 5.91. The molecule has 1 fully saturated rings. The van der Waals surface area contributed by atoms with Crippen molar-refractivity contribution in [2.75, 3.05) is 43.4 Å². The number of imidazole rings is 1. The van der Waals surface area contributed by atoms with Crippen molar-refractivity contribution in [3.63, 3.8) is 0 Å². The van der Waals surface area contributed by atoms with Crippen LogP contribution in [0.15, 0.2) is 0 Å². The van der Waals surface area contributed by atoms with E-state index in [9.17, 15) is 0 Å². The zero-order valence-corrected chi connectivity index (χ0v) is 11.0. The number of anilines is 2. The zero-order valence-electron chi connectivity index (χ0n) is 11.0. The molecule has 0 unspecified atom stereocenters. The van der Waals surface area contributed by atoms with Gasteiger partial charge >= 0.3 is 0 Å². The van der Waals surface area contributed by atoms with E-state index in [4.69, 9.17) is 5.73 Å². The molecule has 17 heavy (non-hydrogen) atoms. The van der Waals surface area contributed by atoms with Crippen molar-refractivity contribution in [2.45, 2.75) is 20.8 Å². The second kappa shape index (κ2) is 4.96. The van der Waals surface area contributed by atoms with Gasteiger partial charge in [0.1, 0.15) is 11.6 Å². The smallest absolute Gasteiger partial charge is 0.171 e. The van der Waals surface area contributed by atoms with Gasteiger partial charge in [-0.25, -0.2) is 4.98 Å². The van der Waals surface area contributed by atoms with Crippen molar-refractivity contribution in [2.24, 2.45) is 5.92 Å². The van der Waals surface area contributed by atoms with E-state index in [0.29, 0.717) is 5.82 Å². The fraction of sp³-hybridized carbons (Fsp3) is 0.750. The molecule has 2 rings (SSSR count). The van der Waals surface area contributed by atoms with Gasteiger partial charge in [0.05, 0.1) is 0 Å². The highest BCUT2D eigenvalue weighted by atomic mass is 15.3. The summed E-state index contributed by atoms with van der Waals surface area (Å²) in [5.41, 5.74) is 5.91. The summed E-state index contributed by atoms with van der Waals surface area (Å²) in [5, 5.41) is 0. The van der Waals surface area contributed by atoms with Crippen molar-refractivity contribution in [1.82, 2.24) is 14.9 Å². The minimum atomic E-state index is 0.694.